The Bertz CT molecular complexity index is 740. The number of nitrogens with zero attached hydrogens (tertiary/aromatic N) is 3. The highest BCUT2D eigenvalue weighted by molar-refractivity contribution is 8.21. The molecule has 0 saturated carbocycles. The summed E-state index contributed by atoms with van der Waals surface area (Å²) in [5.74, 6) is 2.57. The van der Waals surface area contributed by atoms with E-state index in [0.29, 0.717) is 0 Å². The molecule has 126 valence electrons. The predicted octanol–water partition coefficient (Wildman–Crippen LogP) is 3.08. The van der Waals surface area contributed by atoms with E-state index in [1.165, 1.54) is 0 Å². The molecule has 0 bridgehead atoms. The molecule has 24 heavy (non-hydrogen) atoms. The van der Waals surface area contributed by atoms with Crippen LogP contribution in [-0.2, 0) is 7.05 Å². The maximum absolute atomic E-state index is 13.2. The van der Waals surface area contributed by atoms with Gasteiger partial charge in [0.2, 0.25) is 0 Å². The van der Waals surface area contributed by atoms with E-state index in [1.54, 1.807) is 0 Å². The largest absolute Gasteiger partial charge is 0.340 e. The third-order valence-corrected chi connectivity index (χ3v) is 8.68. The van der Waals surface area contributed by atoms with Gasteiger partial charge in [0.25, 0.3) is 0 Å². The number of thioether (sulfide) groups is 2. The van der Waals surface area contributed by atoms with E-state index in [-0.39, 0.29) is 21.8 Å². The van der Waals surface area contributed by atoms with E-state index >= 15 is 0 Å². The molecule has 1 aromatic heterocycles. The van der Waals surface area contributed by atoms with Crippen LogP contribution in [0, 0.1) is 5.92 Å². The molecule has 2 atom stereocenters. The van der Waals surface area contributed by atoms with Crippen molar-refractivity contribution in [3.8, 4) is 0 Å². The van der Waals surface area contributed by atoms with E-state index in [1.807, 2.05) is 71.8 Å². The van der Waals surface area contributed by atoms with Crippen molar-refractivity contribution >= 4 is 29.3 Å². The monoisotopic (exact) mass is 359 g/mol. The van der Waals surface area contributed by atoms with E-state index in [0.717, 1.165) is 29.3 Å². The van der Waals surface area contributed by atoms with Gasteiger partial charge in [0.1, 0.15) is 4.20 Å². The van der Waals surface area contributed by atoms with Gasteiger partial charge < -0.3 is 4.57 Å². The molecule has 0 unspecified atom stereocenters. The van der Waals surface area contributed by atoms with Crippen LogP contribution >= 0.6 is 23.5 Å². The fraction of sp³-hybridized carbons (Fsp3) is 0.444. The van der Waals surface area contributed by atoms with Crippen LogP contribution in [0.25, 0.3) is 0 Å². The molecule has 4 nitrogen and oxygen atoms in total. The smallest absolute Gasteiger partial charge is 0.168 e. The molecule has 1 aromatic carbocycles. The van der Waals surface area contributed by atoms with Gasteiger partial charge in [-0.3, -0.25) is 9.69 Å². The summed E-state index contributed by atoms with van der Waals surface area (Å²) in [5.41, 5.74) is 1.85. The van der Waals surface area contributed by atoms with Gasteiger partial charge in [-0.15, -0.1) is 23.5 Å². The number of carbonyl (C=O) groups excluding carboxylic acids is 1. The van der Waals surface area contributed by atoms with Crippen molar-refractivity contribution in [2.24, 2.45) is 13.0 Å². The van der Waals surface area contributed by atoms with Crippen LogP contribution in [0.1, 0.15) is 22.0 Å². The molecule has 2 saturated heterocycles. The first kappa shape index (κ1) is 16.2. The second kappa shape index (κ2) is 6.24. The molecule has 4 rings (SSSR count). The summed E-state index contributed by atoms with van der Waals surface area (Å²) in [6.45, 7) is 0.787. The molecule has 1 spiro atoms. The van der Waals surface area contributed by atoms with E-state index in [9.17, 15) is 4.79 Å². The Balaban J connectivity index is 1.76. The Morgan fingerprint density at radius 1 is 1.21 bits per heavy atom. The minimum absolute atomic E-state index is 0.0506. The molecule has 6 heteroatoms. The lowest BCUT2D eigenvalue weighted by molar-refractivity contribution is 0.0914. The first-order valence-electron chi connectivity index (χ1n) is 8.18. The summed E-state index contributed by atoms with van der Waals surface area (Å²) in [7, 11) is 4.14. The summed E-state index contributed by atoms with van der Waals surface area (Å²) in [5, 5.41) is 0. The van der Waals surface area contributed by atoms with Crippen LogP contribution in [0.2, 0.25) is 0 Å². The number of imidazole rings is 1. The second-order valence-corrected chi connectivity index (χ2v) is 9.38. The number of aryl methyl sites for hydroxylation is 1. The van der Waals surface area contributed by atoms with Crippen LogP contribution in [0.5, 0.6) is 0 Å². The van der Waals surface area contributed by atoms with Crippen molar-refractivity contribution in [1.29, 1.82) is 0 Å². The zero-order chi connectivity index (χ0) is 16.7. The number of ketones is 1. The van der Waals surface area contributed by atoms with Crippen molar-refractivity contribution in [3.63, 3.8) is 0 Å². The van der Waals surface area contributed by atoms with Crippen LogP contribution in [-0.4, -0.2) is 49.5 Å². The number of hydrogen-bond donors (Lipinski definition) is 0. The number of benzene rings is 1. The molecule has 2 aliphatic rings. The zero-order valence-corrected chi connectivity index (χ0v) is 15.5. The Morgan fingerprint density at radius 3 is 2.54 bits per heavy atom. The van der Waals surface area contributed by atoms with E-state index < -0.39 is 0 Å². The van der Waals surface area contributed by atoms with Crippen molar-refractivity contribution in [2.75, 3.05) is 25.1 Å². The van der Waals surface area contributed by atoms with Crippen molar-refractivity contribution in [1.82, 2.24) is 14.5 Å². The number of Topliss-reactive ketones (excluding diaryl/α,β-unsaturated/α-hetero) is 1. The highest BCUT2D eigenvalue weighted by Crippen LogP contribution is 2.60. The van der Waals surface area contributed by atoms with Crippen LogP contribution in [0.4, 0.5) is 0 Å². The summed E-state index contributed by atoms with van der Waals surface area (Å²) in [4.78, 5) is 20.3. The number of hydrogen-bond acceptors (Lipinski definition) is 5. The molecular weight excluding hydrogens is 338 g/mol. The summed E-state index contributed by atoms with van der Waals surface area (Å²) >= 11 is 3.95. The lowest BCUT2D eigenvalue weighted by Gasteiger charge is -2.35. The fourth-order valence-corrected chi connectivity index (χ4v) is 7.48. The molecule has 0 N–H and O–H groups in total. The molecule has 2 aromatic rings. The lowest BCUT2D eigenvalue weighted by Crippen LogP contribution is -2.37. The van der Waals surface area contributed by atoms with Crippen LogP contribution in [0.15, 0.2) is 42.9 Å². The number of aromatic nitrogens is 2. The van der Waals surface area contributed by atoms with E-state index in [2.05, 4.69) is 23.1 Å². The highest BCUT2D eigenvalue weighted by Gasteiger charge is 2.58. The Hall–Kier alpha value is -1.24. The average Bonchev–Trinajstić information content (AvgIpc) is 3.30. The zero-order valence-electron chi connectivity index (χ0n) is 13.9. The van der Waals surface area contributed by atoms with Gasteiger partial charge in [-0.25, -0.2) is 4.98 Å². The third-order valence-electron chi connectivity index (χ3n) is 4.94. The maximum Gasteiger partial charge on any atom is 0.168 e. The minimum atomic E-state index is -0.0660. The summed E-state index contributed by atoms with van der Waals surface area (Å²) in [6, 6.07) is 9.69. The van der Waals surface area contributed by atoms with Gasteiger partial charge in [0.05, 0.1) is 17.9 Å². The molecule has 3 heterocycles. The molecule has 0 aliphatic carbocycles. The summed E-state index contributed by atoms with van der Waals surface area (Å²) < 4.78 is 1.92. The molecule has 2 aliphatic heterocycles. The molecule has 0 radical (unpaired) electrons. The Kier molecular flexibility index (Phi) is 4.22. The first-order valence-corrected chi connectivity index (χ1v) is 10.2. The van der Waals surface area contributed by atoms with Gasteiger partial charge in [-0.1, -0.05) is 30.3 Å². The second-order valence-electron chi connectivity index (χ2n) is 6.49. The third kappa shape index (κ3) is 2.52. The number of likely N-dealkylation sites (tertiary alicyclic amines) is 1. The highest BCUT2D eigenvalue weighted by atomic mass is 32.2. The molecule has 2 fully saturated rings. The topological polar surface area (TPSA) is 38.1 Å². The lowest BCUT2D eigenvalue weighted by atomic mass is 9.86. The van der Waals surface area contributed by atoms with Gasteiger partial charge in [-0.2, -0.15) is 0 Å². The normalized spacial score (nSPS) is 26.2. The van der Waals surface area contributed by atoms with Gasteiger partial charge in [0.15, 0.2) is 5.78 Å². The predicted molar refractivity (Wildman–Crippen MR) is 100 cm³/mol. The maximum atomic E-state index is 13.2. The van der Waals surface area contributed by atoms with Gasteiger partial charge in [0, 0.05) is 42.8 Å². The number of carbonyl (C=O) groups is 1. The first-order chi connectivity index (χ1) is 11.6. The van der Waals surface area contributed by atoms with Crippen molar-refractivity contribution in [2.45, 2.75) is 10.1 Å². The standard InChI is InChI=1S/C18H21N3OS2/c1-20-11-15(19-12-20)16-14(17(22)13-6-4-3-5-7-13)10-21(2)18(16)23-8-9-24-18/h3-7,11-12,14,16H,8-10H2,1-2H3/t14-,16-/m1/s1. The summed E-state index contributed by atoms with van der Waals surface area (Å²) in [6.07, 6.45) is 3.92. The molecule has 0 amide bonds. The molecular formula is C18H21N3OS2. The van der Waals surface area contributed by atoms with Crippen molar-refractivity contribution in [3.05, 3.63) is 54.1 Å². The minimum Gasteiger partial charge on any atom is -0.340 e. The quantitative estimate of drug-likeness (QED) is 0.788. The van der Waals surface area contributed by atoms with Gasteiger partial charge >= 0.3 is 0 Å². The van der Waals surface area contributed by atoms with Gasteiger partial charge in [-0.05, 0) is 7.05 Å². The number of rotatable bonds is 3. The Morgan fingerprint density at radius 2 is 1.92 bits per heavy atom. The number of likely N-dealkylation sites (N-methyl/N-ethyl adjacent to an activating group) is 1. The average molecular weight is 360 g/mol. The SMILES string of the molecule is CN1C[C@@H](C(=O)c2ccccc2)[C@H](c2cn(C)cn2)C12SCCS2. The van der Waals surface area contributed by atoms with Crippen LogP contribution in [0.3, 0.4) is 0 Å². The van der Waals surface area contributed by atoms with Crippen LogP contribution < -0.4 is 0 Å². The Labute approximate surface area is 151 Å². The fourth-order valence-electron chi connectivity index (χ4n) is 3.87. The van der Waals surface area contributed by atoms with E-state index in [4.69, 9.17) is 0 Å². The van der Waals surface area contributed by atoms with Crippen molar-refractivity contribution < 1.29 is 4.79 Å².